The number of halogens is 1. The van der Waals surface area contributed by atoms with Crippen LogP contribution in [0.4, 0.5) is 15.8 Å². The highest BCUT2D eigenvalue weighted by Crippen LogP contribution is 2.23. The van der Waals surface area contributed by atoms with E-state index in [1.165, 1.54) is 36.2 Å². The van der Waals surface area contributed by atoms with Crippen LogP contribution in [0.2, 0.25) is 0 Å². The van der Waals surface area contributed by atoms with E-state index in [-0.39, 0.29) is 23.9 Å². The molecular formula is C19H21FN2O2S. The molecule has 2 aromatic rings. The van der Waals surface area contributed by atoms with Crippen molar-refractivity contribution in [1.82, 2.24) is 0 Å². The Morgan fingerprint density at radius 1 is 1.04 bits per heavy atom. The van der Waals surface area contributed by atoms with Gasteiger partial charge in [-0.15, -0.1) is 11.8 Å². The predicted molar refractivity (Wildman–Crippen MR) is 101 cm³/mol. The molecule has 2 amide bonds. The highest BCUT2D eigenvalue weighted by atomic mass is 32.2. The SMILES string of the molecule is CC(=O)Nc1ccc(F)c(NC(=O)CCSc2ccc(C)c(C)c2)c1. The number of aryl methyl sites for hydroxylation is 2. The molecule has 0 aliphatic heterocycles. The Kier molecular flexibility index (Phi) is 6.58. The van der Waals surface area contributed by atoms with Gasteiger partial charge in [0.25, 0.3) is 0 Å². The van der Waals surface area contributed by atoms with Crippen molar-refractivity contribution in [3.63, 3.8) is 0 Å². The minimum absolute atomic E-state index is 0.0624. The first-order valence-electron chi connectivity index (χ1n) is 7.92. The molecule has 4 nitrogen and oxygen atoms in total. The summed E-state index contributed by atoms with van der Waals surface area (Å²) in [6.07, 6.45) is 0.265. The fourth-order valence-electron chi connectivity index (χ4n) is 2.18. The van der Waals surface area contributed by atoms with E-state index in [1.54, 1.807) is 11.8 Å². The second kappa shape index (κ2) is 8.67. The quantitative estimate of drug-likeness (QED) is 0.745. The number of carbonyl (C=O) groups is 2. The van der Waals surface area contributed by atoms with E-state index in [2.05, 4.69) is 36.6 Å². The van der Waals surface area contributed by atoms with Crippen molar-refractivity contribution < 1.29 is 14.0 Å². The lowest BCUT2D eigenvalue weighted by atomic mass is 10.1. The molecule has 132 valence electrons. The minimum atomic E-state index is -0.538. The van der Waals surface area contributed by atoms with Crippen LogP contribution in [0.1, 0.15) is 24.5 Å². The molecule has 25 heavy (non-hydrogen) atoms. The molecule has 0 aliphatic rings. The van der Waals surface area contributed by atoms with Gasteiger partial charge in [0.1, 0.15) is 5.82 Å². The summed E-state index contributed by atoms with van der Waals surface area (Å²) in [5, 5.41) is 5.11. The highest BCUT2D eigenvalue weighted by Gasteiger charge is 2.09. The highest BCUT2D eigenvalue weighted by molar-refractivity contribution is 7.99. The molecule has 0 atom stereocenters. The van der Waals surface area contributed by atoms with Crippen LogP contribution in [0.25, 0.3) is 0 Å². The molecule has 0 saturated heterocycles. The molecule has 0 aliphatic carbocycles. The zero-order valence-electron chi connectivity index (χ0n) is 14.5. The number of thioether (sulfide) groups is 1. The molecule has 2 rings (SSSR count). The number of amides is 2. The van der Waals surface area contributed by atoms with Crippen LogP contribution >= 0.6 is 11.8 Å². The topological polar surface area (TPSA) is 58.2 Å². The number of hydrogen-bond donors (Lipinski definition) is 2. The summed E-state index contributed by atoms with van der Waals surface area (Å²) in [5.74, 6) is -0.463. The molecule has 0 aromatic heterocycles. The average molecular weight is 360 g/mol. The van der Waals surface area contributed by atoms with Gasteiger partial charge in [-0.05, 0) is 55.3 Å². The van der Waals surface area contributed by atoms with E-state index >= 15 is 0 Å². The van der Waals surface area contributed by atoms with Crippen molar-refractivity contribution in [1.29, 1.82) is 0 Å². The van der Waals surface area contributed by atoms with Crippen molar-refractivity contribution >= 4 is 35.0 Å². The fraction of sp³-hybridized carbons (Fsp3) is 0.263. The molecule has 0 radical (unpaired) electrons. The van der Waals surface area contributed by atoms with Crippen LogP contribution < -0.4 is 10.6 Å². The second-order valence-corrected chi connectivity index (χ2v) is 6.94. The summed E-state index contributed by atoms with van der Waals surface area (Å²) in [7, 11) is 0. The zero-order valence-corrected chi connectivity index (χ0v) is 15.3. The summed E-state index contributed by atoms with van der Waals surface area (Å²) in [6.45, 7) is 5.48. The van der Waals surface area contributed by atoms with Gasteiger partial charge >= 0.3 is 0 Å². The van der Waals surface area contributed by atoms with Crippen molar-refractivity contribution in [2.45, 2.75) is 32.1 Å². The summed E-state index contributed by atoms with van der Waals surface area (Å²) in [4.78, 5) is 24.2. The molecule has 2 aromatic carbocycles. The van der Waals surface area contributed by atoms with Crippen molar-refractivity contribution in [3.8, 4) is 0 Å². The molecule has 6 heteroatoms. The van der Waals surface area contributed by atoms with Crippen LogP contribution in [0.5, 0.6) is 0 Å². The number of nitrogens with one attached hydrogen (secondary N) is 2. The third kappa shape index (κ3) is 5.90. The van der Waals surface area contributed by atoms with Crippen LogP contribution in [-0.4, -0.2) is 17.6 Å². The largest absolute Gasteiger partial charge is 0.326 e. The lowest BCUT2D eigenvalue weighted by Crippen LogP contribution is -2.14. The van der Waals surface area contributed by atoms with Gasteiger partial charge in [0.05, 0.1) is 5.69 Å². The van der Waals surface area contributed by atoms with Crippen molar-refractivity contribution in [3.05, 3.63) is 53.3 Å². The Balaban J connectivity index is 1.89. The van der Waals surface area contributed by atoms with Crippen molar-refractivity contribution in [2.24, 2.45) is 0 Å². The van der Waals surface area contributed by atoms with E-state index in [9.17, 15) is 14.0 Å². The summed E-state index contributed by atoms with van der Waals surface area (Å²) in [6, 6.07) is 10.2. The van der Waals surface area contributed by atoms with Gasteiger partial charge in [-0.25, -0.2) is 4.39 Å². The molecule has 0 spiro atoms. The third-order valence-electron chi connectivity index (χ3n) is 3.64. The first kappa shape index (κ1) is 19.0. The lowest BCUT2D eigenvalue weighted by Gasteiger charge is -2.09. The van der Waals surface area contributed by atoms with Gasteiger partial charge in [-0.1, -0.05) is 6.07 Å². The smallest absolute Gasteiger partial charge is 0.225 e. The van der Waals surface area contributed by atoms with Gasteiger partial charge < -0.3 is 10.6 Å². The predicted octanol–water partition coefficient (Wildman–Crippen LogP) is 4.52. The third-order valence-corrected chi connectivity index (χ3v) is 4.63. The fourth-order valence-corrected chi connectivity index (χ4v) is 3.13. The van der Waals surface area contributed by atoms with E-state index in [0.29, 0.717) is 11.4 Å². The van der Waals surface area contributed by atoms with Crippen molar-refractivity contribution in [2.75, 3.05) is 16.4 Å². The maximum Gasteiger partial charge on any atom is 0.225 e. The van der Waals surface area contributed by atoms with Gasteiger partial charge in [-0.2, -0.15) is 0 Å². The normalized spacial score (nSPS) is 10.4. The Hall–Kier alpha value is -2.34. The summed E-state index contributed by atoms with van der Waals surface area (Å²) >= 11 is 1.59. The lowest BCUT2D eigenvalue weighted by molar-refractivity contribution is -0.116. The zero-order chi connectivity index (χ0) is 18.4. The Labute approximate surface area is 151 Å². The van der Waals surface area contributed by atoms with Gasteiger partial charge in [0.2, 0.25) is 11.8 Å². The second-order valence-electron chi connectivity index (χ2n) is 5.77. The van der Waals surface area contributed by atoms with Crippen LogP contribution in [-0.2, 0) is 9.59 Å². The average Bonchev–Trinajstić information content (AvgIpc) is 2.53. The monoisotopic (exact) mass is 360 g/mol. The van der Waals surface area contributed by atoms with Crippen LogP contribution in [0, 0.1) is 19.7 Å². The minimum Gasteiger partial charge on any atom is -0.326 e. The maximum atomic E-state index is 13.8. The maximum absolute atomic E-state index is 13.8. The number of hydrogen-bond acceptors (Lipinski definition) is 3. The summed E-state index contributed by atoms with van der Waals surface area (Å²) < 4.78 is 13.8. The van der Waals surface area contributed by atoms with Crippen LogP contribution in [0.15, 0.2) is 41.3 Å². The van der Waals surface area contributed by atoms with E-state index in [1.807, 2.05) is 6.07 Å². The molecule has 0 fully saturated rings. The molecular weight excluding hydrogens is 339 g/mol. The Morgan fingerprint density at radius 3 is 2.48 bits per heavy atom. The number of rotatable bonds is 6. The molecule has 0 bridgehead atoms. The van der Waals surface area contributed by atoms with Gasteiger partial charge in [0, 0.05) is 29.7 Å². The van der Waals surface area contributed by atoms with Gasteiger partial charge in [-0.3, -0.25) is 9.59 Å². The van der Waals surface area contributed by atoms with E-state index < -0.39 is 5.82 Å². The molecule has 2 N–H and O–H groups in total. The van der Waals surface area contributed by atoms with Crippen LogP contribution in [0.3, 0.4) is 0 Å². The molecule has 0 saturated carbocycles. The first-order chi connectivity index (χ1) is 11.8. The molecule has 0 heterocycles. The summed E-state index contributed by atoms with van der Waals surface area (Å²) in [5.41, 5.74) is 2.95. The standard InChI is InChI=1S/C19H21FN2O2S/c1-12-4-6-16(10-13(12)2)25-9-8-19(24)22-18-11-15(21-14(3)23)5-7-17(18)20/h4-7,10-11H,8-9H2,1-3H3,(H,21,23)(H,22,24). The Bertz CT molecular complexity index is 793. The first-order valence-corrected chi connectivity index (χ1v) is 8.91. The molecule has 0 unspecified atom stereocenters. The van der Waals surface area contributed by atoms with E-state index in [4.69, 9.17) is 0 Å². The Morgan fingerprint density at radius 2 is 1.80 bits per heavy atom. The van der Waals surface area contributed by atoms with Gasteiger partial charge in [0.15, 0.2) is 0 Å². The number of carbonyl (C=O) groups excluding carboxylic acids is 2. The number of anilines is 2. The number of benzene rings is 2. The van der Waals surface area contributed by atoms with E-state index in [0.717, 1.165) is 4.90 Å².